The second kappa shape index (κ2) is 4.11. The molecular weight excluding hydrogens is 176 g/mol. The lowest BCUT2D eigenvalue weighted by molar-refractivity contribution is 0.108. The van der Waals surface area contributed by atoms with E-state index in [0.29, 0.717) is 12.8 Å². The topological polar surface area (TPSA) is 40.5 Å². The van der Waals surface area contributed by atoms with Gasteiger partial charge < -0.3 is 10.2 Å². The van der Waals surface area contributed by atoms with E-state index in [1.807, 2.05) is 24.3 Å². The molecule has 0 heterocycles. The van der Waals surface area contributed by atoms with Crippen LogP contribution in [0, 0.1) is 0 Å². The highest BCUT2D eigenvalue weighted by Gasteiger charge is 2.17. The van der Waals surface area contributed by atoms with Gasteiger partial charge in [0.15, 0.2) is 0 Å². The van der Waals surface area contributed by atoms with E-state index in [2.05, 4.69) is 0 Å². The van der Waals surface area contributed by atoms with E-state index >= 15 is 0 Å². The smallest absolute Gasteiger partial charge is 0.0581 e. The lowest BCUT2D eigenvalue weighted by Crippen LogP contribution is -2.21. The van der Waals surface area contributed by atoms with E-state index in [-0.39, 0.29) is 12.2 Å². The van der Waals surface area contributed by atoms with Crippen LogP contribution < -0.4 is 0 Å². The Bertz CT molecular complexity index is 278. The average molecular weight is 192 g/mol. The maximum atomic E-state index is 9.67. The maximum Gasteiger partial charge on any atom is 0.0581 e. The summed E-state index contributed by atoms with van der Waals surface area (Å²) in [6, 6.07) is 8.05. The highest BCUT2D eigenvalue weighted by atomic mass is 16.3. The Morgan fingerprint density at radius 3 is 1.71 bits per heavy atom. The average Bonchev–Trinajstić information content (AvgIpc) is 2.16. The molecule has 76 valence electrons. The Kier molecular flexibility index (Phi) is 2.85. The van der Waals surface area contributed by atoms with Crippen LogP contribution in [0.25, 0.3) is 0 Å². The molecule has 2 nitrogen and oxygen atoms in total. The fourth-order valence-electron chi connectivity index (χ4n) is 2.05. The van der Waals surface area contributed by atoms with Crippen molar-refractivity contribution in [1.29, 1.82) is 0 Å². The summed E-state index contributed by atoms with van der Waals surface area (Å²) in [4.78, 5) is 0. The SMILES string of the molecule is O[C@H]1CC[C@H](O)Cc2ccccc2C1. The van der Waals surface area contributed by atoms with Gasteiger partial charge in [0.2, 0.25) is 0 Å². The first-order valence-corrected chi connectivity index (χ1v) is 5.18. The molecule has 2 N–H and O–H groups in total. The molecule has 0 bridgehead atoms. The third-order valence-electron chi connectivity index (χ3n) is 2.86. The van der Waals surface area contributed by atoms with E-state index in [0.717, 1.165) is 12.8 Å². The van der Waals surface area contributed by atoms with Crippen molar-refractivity contribution in [3.8, 4) is 0 Å². The summed E-state index contributed by atoms with van der Waals surface area (Å²) in [5, 5.41) is 19.3. The van der Waals surface area contributed by atoms with E-state index in [1.165, 1.54) is 11.1 Å². The highest BCUT2D eigenvalue weighted by molar-refractivity contribution is 5.28. The van der Waals surface area contributed by atoms with Crippen molar-refractivity contribution < 1.29 is 10.2 Å². The molecule has 1 aromatic carbocycles. The normalized spacial score (nSPS) is 27.6. The fourth-order valence-corrected chi connectivity index (χ4v) is 2.05. The summed E-state index contributed by atoms with van der Waals surface area (Å²) in [7, 11) is 0. The van der Waals surface area contributed by atoms with E-state index in [9.17, 15) is 10.2 Å². The molecule has 0 radical (unpaired) electrons. The van der Waals surface area contributed by atoms with Gasteiger partial charge in [0.1, 0.15) is 0 Å². The second-order valence-electron chi connectivity index (χ2n) is 4.06. The van der Waals surface area contributed by atoms with Crippen LogP contribution in [0.5, 0.6) is 0 Å². The standard InChI is InChI=1S/C12H16O2/c13-11-5-6-12(14)8-10-4-2-1-3-9(10)7-11/h1-4,11-14H,5-8H2/t11-,12-/m0/s1. The molecule has 2 atom stereocenters. The molecule has 0 amide bonds. The van der Waals surface area contributed by atoms with Crippen LogP contribution in [-0.4, -0.2) is 22.4 Å². The van der Waals surface area contributed by atoms with Crippen molar-refractivity contribution in [2.24, 2.45) is 0 Å². The minimum Gasteiger partial charge on any atom is -0.393 e. The van der Waals surface area contributed by atoms with Crippen molar-refractivity contribution in [1.82, 2.24) is 0 Å². The Labute approximate surface area is 84.2 Å². The van der Waals surface area contributed by atoms with Crippen LogP contribution in [0.15, 0.2) is 24.3 Å². The van der Waals surface area contributed by atoms with E-state index in [4.69, 9.17) is 0 Å². The van der Waals surface area contributed by atoms with Gasteiger partial charge in [-0.05, 0) is 36.8 Å². The predicted octanol–water partition coefficient (Wildman–Crippen LogP) is 1.29. The number of hydrogen-bond donors (Lipinski definition) is 2. The van der Waals surface area contributed by atoms with Crippen LogP contribution in [0.2, 0.25) is 0 Å². The minimum atomic E-state index is -0.300. The molecule has 0 aliphatic heterocycles. The summed E-state index contributed by atoms with van der Waals surface area (Å²) in [6.45, 7) is 0. The lowest BCUT2D eigenvalue weighted by Gasteiger charge is -2.21. The first kappa shape index (κ1) is 9.69. The van der Waals surface area contributed by atoms with Crippen LogP contribution in [0.3, 0.4) is 0 Å². The lowest BCUT2D eigenvalue weighted by atomic mass is 9.90. The van der Waals surface area contributed by atoms with Gasteiger partial charge in [-0.1, -0.05) is 24.3 Å². The number of aliphatic hydroxyl groups is 2. The predicted molar refractivity (Wildman–Crippen MR) is 55.1 cm³/mol. The minimum absolute atomic E-state index is 0.300. The zero-order chi connectivity index (χ0) is 9.97. The first-order chi connectivity index (χ1) is 6.75. The molecule has 1 aliphatic carbocycles. The van der Waals surface area contributed by atoms with Gasteiger partial charge >= 0.3 is 0 Å². The third-order valence-corrected chi connectivity index (χ3v) is 2.86. The highest BCUT2D eigenvalue weighted by Crippen LogP contribution is 2.20. The summed E-state index contributed by atoms with van der Waals surface area (Å²) in [5.74, 6) is 0. The monoisotopic (exact) mass is 192 g/mol. The van der Waals surface area contributed by atoms with Gasteiger partial charge in [-0.25, -0.2) is 0 Å². The van der Waals surface area contributed by atoms with E-state index < -0.39 is 0 Å². The Balaban J connectivity index is 2.28. The number of aliphatic hydroxyl groups excluding tert-OH is 2. The van der Waals surface area contributed by atoms with Gasteiger partial charge in [-0.3, -0.25) is 0 Å². The van der Waals surface area contributed by atoms with Gasteiger partial charge in [0.25, 0.3) is 0 Å². The molecule has 0 unspecified atom stereocenters. The molecule has 0 saturated heterocycles. The molecule has 2 rings (SSSR count). The molecule has 0 fully saturated rings. The summed E-state index contributed by atoms with van der Waals surface area (Å²) in [5.41, 5.74) is 2.36. The maximum absolute atomic E-state index is 9.67. The number of rotatable bonds is 0. The molecule has 0 aromatic heterocycles. The van der Waals surface area contributed by atoms with Crippen molar-refractivity contribution in [2.75, 3.05) is 0 Å². The molecular formula is C12H16O2. The zero-order valence-electron chi connectivity index (χ0n) is 8.19. The van der Waals surface area contributed by atoms with Crippen molar-refractivity contribution >= 4 is 0 Å². The van der Waals surface area contributed by atoms with Crippen LogP contribution in [0.1, 0.15) is 24.0 Å². The summed E-state index contributed by atoms with van der Waals surface area (Å²) >= 11 is 0. The molecule has 1 aromatic rings. The largest absolute Gasteiger partial charge is 0.393 e. The first-order valence-electron chi connectivity index (χ1n) is 5.18. The van der Waals surface area contributed by atoms with Crippen molar-refractivity contribution in [3.63, 3.8) is 0 Å². The fraction of sp³-hybridized carbons (Fsp3) is 0.500. The second-order valence-corrected chi connectivity index (χ2v) is 4.06. The van der Waals surface area contributed by atoms with Crippen molar-refractivity contribution in [3.05, 3.63) is 35.4 Å². The van der Waals surface area contributed by atoms with Crippen LogP contribution >= 0.6 is 0 Å². The molecule has 0 spiro atoms. The molecule has 2 heteroatoms. The van der Waals surface area contributed by atoms with Gasteiger partial charge in [0, 0.05) is 0 Å². The van der Waals surface area contributed by atoms with Gasteiger partial charge in [-0.15, -0.1) is 0 Å². The quantitative estimate of drug-likeness (QED) is 0.650. The zero-order valence-corrected chi connectivity index (χ0v) is 8.19. The Hall–Kier alpha value is -0.860. The number of fused-ring (bicyclic) bond motifs is 1. The van der Waals surface area contributed by atoms with Crippen molar-refractivity contribution in [2.45, 2.75) is 37.9 Å². The van der Waals surface area contributed by atoms with Gasteiger partial charge in [0.05, 0.1) is 12.2 Å². The van der Waals surface area contributed by atoms with E-state index in [1.54, 1.807) is 0 Å². The molecule has 1 aliphatic rings. The molecule has 0 saturated carbocycles. The number of benzene rings is 1. The van der Waals surface area contributed by atoms with Gasteiger partial charge in [-0.2, -0.15) is 0 Å². The Morgan fingerprint density at radius 1 is 0.857 bits per heavy atom. The third kappa shape index (κ3) is 2.14. The van der Waals surface area contributed by atoms with Crippen LogP contribution in [0.4, 0.5) is 0 Å². The summed E-state index contributed by atoms with van der Waals surface area (Å²) < 4.78 is 0. The Morgan fingerprint density at radius 2 is 1.29 bits per heavy atom. The van der Waals surface area contributed by atoms with Crippen LogP contribution in [-0.2, 0) is 12.8 Å². The summed E-state index contributed by atoms with van der Waals surface area (Å²) in [6.07, 6.45) is 2.26. The number of hydrogen-bond acceptors (Lipinski definition) is 2. The molecule has 14 heavy (non-hydrogen) atoms.